The van der Waals surface area contributed by atoms with Gasteiger partial charge < -0.3 is 5.32 Å². The van der Waals surface area contributed by atoms with Crippen LogP contribution in [0.5, 0.6) is 0 Å². The lowest BCUT2D eigenvalue weighted by Gasteiger charge is -2.15. The maximum atomic E-state index is 11.0. The molecule has 2 nitrogen and oxygen atoms in total. The number of aryl methyl sites for hydroxylation is 2. The average Bonchev–Trinajstić information content (AvgIpc) is 2.75. The normalized spacial score (nSPS) is 17.8. The quantitative estimate of drug-likeness (QED) is 0.869. The molecule has 0 heterocycles. The molecule has 0 aliphatic heterocycles. The molecule has 3 heteroatoms. The summed E-state index contributed by atoms with van der Waals surface area (Å²) in [5.74, 6) is 0.731. The molecule has 1 aromatic rings. The van der Waals surface area contributed by atoms with Gasteiger partial charge in [-0.2, -0.15) is 0 Å². The third-order valence-corrected chi connectivity index (χ3v) is 4.24. The third kappa shape index (κ3) is 3.39. The molecule has 0 saturated heterocycles. The van der Waals surface area contributed by atoms with Crippen LogP contribution in [0.2, 0.25) is 0 Å². The summed E-state index contributed by atoms with van der Waals surface area (Å²) in [4.78, 5) is 0. The van der Waals surface area contributed by atoms with E-state index in [4.69, 9.17) is 0 Å². The zero-order valence-electron chi connectivity index (χ0n) is 10.7. The summed E-state index contributed by atoms with van der Waals surface area (Å²) >= 11 is 0. The Hall–Kier alpha value is -0.670. The predicted molar refractivity (Wildman–Crippen MR) is 73.8 cm³/mol. The van der Waals surface area contributed by atoms with Gasteiger partial charge in [0.15, 0.2) is 0 Å². The van der Waals surface area contributed by atoms with Gasteiger partial charge in [-0.15, -0.1) is 0 Å². The summed E-state index contributed by atoms with van der Waals surface area (Å²) in [6.45, 7) is 3.00. The van der Waals surface area contributed by atoms with Gasteiger partial charge in [0.25, 0.3) is 0 Å². The molecule has 0 radical (unpaired) electrons. The molecule has 0 aromatic heterocycles. The second-order valence-corrected chi connectivity index (χ2v) is 6.39. The second-order valence-electron chi connectivity index (χ2n) is 4.83. The van der Waals surface area contributed by atoms with Gasteiger partial charge in [-0.3, -0.25) is 4.21 Å². The molecular formula is C14H21NOS. The Kier molecular flexibility index (Phi) is 4.35. The number of fused-ring (bicyclic) bond motifs is 1. The van der Waals surface area contributed by atoms with E-state index in [1.165, 1.54) is 36.0 Å². The first kappa shape index (κ1) is 12.8. The third-order valence-electron chi connectivity index (χ3n) is 3.46. The number of hydrogen-bond acceptors (Lipinski definition) is 2. The smallest absolute Gasteiger partial charge is 0.0357 e. The topological polar surface area (TPSA) is 29.1 Å². The number of rotatable bonds is 5. The van der Waals surface area contributed by atoms with Gasteiger partial charge >= 0.3 is 0 Å². The van der Waals surface area contributed by atoms with E-state index in [-0.39, 0.29) is 0 Å². The molecule has 94 valence electrons. The van der Waals surface area contributed by atoms with E-state index in [0.29, 0.717) is 6.04 Å². The second kappa shape index (κ2) is 5.78. The lowest BCUT2D eigenvalue weighted by atomic mass is 10.0. The van der Waals surface area contributed by atoms with Gasteiger partial charge in [-0.05, 0) is 42.9 Å². The van der Waals surface area contributed by atoms with Crippen molar-refractivity contribution in [1.82, 2.24) is 5.32 Å². The highest BCUT2D eigenvalue weighted by Gasteiger charge is 2.13. The van der Waals surface area contributed by atoms with Crippen LogP contribution in [0.3, 0.4) is 0 Å². The van der Waals surface area contributed by atoms with Crippen LogP contribution in [0.15, 0.2) is 18.2 Å². The Morgan fingerprint density at radius 3 is 2.88 bits per heavy atom. The van der Waals surface area contributed by atoms with E-state index in [2.05, 4.69) is 30.4 Å². The van der Waals surface area contributed by atoms with Crippen LogP contribution in [0.25, 0.3) is 0 Å². The molecule has 0 spiro atoms. The fourth-order valence-corrected chi connectivity index (χ4v) is 2.80. The van der Waals surface area contributed by atoms with Crippen LogP contribution in [0.1, 0.15) is 36.1 Å². The lowest BCUT2D eigenvalue weighted by molar-refractivity contribution is 0.596. The predicted octanol–water partition coefficient (Wildman–Crippen LogP) is 2.20. The van der Waals surface area contributed by atoms with Crippen molar-refractivity contribution in [3.8, 4) is 0 Å². The van der Waals surface area contributed by atoms with Gasteiger partial charge in [0.1, 0.15) is 0 Å². The number of nitrogens with one attached hydrogen (secondary N) is 1. The highest BCUT2D eigenvalue weighted by Crippen LogP contribution is 2.25. The van der Waals surface area contributed by atoms with Crippen molar-refractivity contribution >= 4 is 10.8 Å². The molecule has 2 unspecified atom stereocenters. The fraction of sp³-hybridized carbons (Fsp3) is 0.571. The Bertz CT molecular complexity index is 417. The van der Waals surface area contributed by atoms with Crippen molar-refractivity contribution in [2.75, 3.05) is 18.6 Å². The monoisotopic (exact) mass is 251 g/mol. The van der Waals surface area contributed by atoms with E-state index in [0.717, 1.165) is 12.3 Å². The standard InChI is InChI=1S/C14H21NOS/c1-11(15-8-9-17(2)16)13-7-6-12-4-3-5-14(12)10-13/h6-7,10-11,15H,3-5,8-9H2,1-2H3. The molecule has 2 rings (SSSR count). The highest BCUT2D eigenvalue weighted by atomic mass is 32.2. The van der Waals surface area contributed by atoms with Crippen molar-refractivity contribution in [3.05, 3.63) is 34.9 Å². The van der Waals surface area contributed by atoms with Gasteiger partial charge in [-0.1, -0.05) is 18.2 Å². The molecule has 1 N–H and O–H groups in total. The largest absolute Gasteiger partial charge is 0.309 e. The van der Waals surface area contributed by atoms with Crippen molar-refractivity contribution < 1.29 is 4.21 Å². The fourth-order valence-electron chi connectivity index (χ4n) is 2.40. The van der Waals surface area contributed by atoms with E-state index >= 15 is 0 Å². The Morgan fingerprint density at radius 1 is 1.35 bits per heavy atom. The summed E-state index contributed by atoms with van der Waals surface area (Å²) < 4.78 is 11.0. The zero-order chi connectivity index (χ0) is 12.3. The molecular weight excluding hydrogens is 230 g/mol. The molecule has 1 aromatic carbocycles. The minimum absolute atomic E-state index is 0.351. The number of hydrogen-bond donors (Lipinski definition) is 1. The maximum absolute atomic E-state index is 11.0. The molecule has 0 bridgehead atoms. The maximum Gasteiger partial charge on any atom is 0.0357 e. The molecule has 1 aliphatic carbocycles. The van der Waals surface area contributed by atoms with Gasteiger partial charge in [-0.25, -0.2) is 0 Å². The van der Waals surface area contributed by atoms with Gasteiger partial charge in [0, 0.05) is 35.4 Å². The first-order chi connectivity index (χ1) is 8.16. The molecule has 0 saturated carbocycles. The van der Waals surface area contributed by atoms with Crippen LogP contribution in [-0.2, 0) is 23.6 Å². The summed E-state index contributed by atoms with van der Waals surface area (Å²) in [6, 6.07) is 7.19. The minimum atomic E-state index is -0.701. The van der Waals surface area contributed by atoms with Crippen molar-refractivity contribution in [3.63, 3.8) is 0 Å². The molecule has 2 atom stereocenters. The van der Waals surface area contributed by atoms with Crippen LogP contribution in [0.4, 0.5) is 0 Å². The SMILES string of the molecule is CC(NCCS(C)=O)c1ccc2c(c1)CCC2. The van der Waals surface area contributed by atoms with Gasteiger partial charge in [0.05, 0.1) is 0 Å². The van der Waals surface area contributed by atoms with Crippen LogP contribution < -0.4 is 5.32 Å². The van der Waals surface area contributed by atoms with Gasteiger partial charge in [0.2, 0.25) is 0 Å². The van der Waals surface area contributed by atoms with Crippen LogP contribution in [-0.4, -0.2) is 22.8 Å². The van der Waals surface area contributed by atoms with Crippen LogP contribution in [0, 0.1) is 0 Å². The van der Waals surface area contributed by atoms with E-state index in [1.54, 1.807) is 6.26 Å². The van der Waals surface area contributed by atoms with E-state index in [9.17, 15) is 4.21 Å². The first-order valence-electron chi connectivity index (χ1n) is 6.32. The minimum Gasteiger partial charge on any atom is -0.309 e. The van der Waals surface area contributed by atoms with Crippen molar-refractivity contribution in [1.29, 1.82) is 0 Å². The van der Waals surface area contributed by atoms with E-state index < -0.39 is 10.8 Å². The summed E-state index contributed by atoms with van der Waals surface area (Å²) in [6.07, 6.45) is 5.53. The molecule has 1 aliphatic rings. The Balaban J connectivity index is 1.95. The summed E-state index contributed by atoms with van der Waals surface area (Å²) in [5.41, 5.74) is 4.40. The highest BCUT2D eigenvalue weighted by molar-refractivity contribution is 7.84. The lowest BCUT2D eigenvalue weighted by Crippen LogP contribution is -2.23. The summed E-state index contributed by atoms with van der Waals surface area (Å²) in [5, 5.41) is 3.43. The first-order valence-corrected chi connectivity index (χ1v) is 8.04. The van der Waals surface area contributed by atoms with Crippen LogP contribution >= 0.6 is 0 Å². The van der Waals surface area contributed by atoms with E-state index in [1.807, 2.05) is 0 Å². The zero-order valence-corrected chi connectivity index (χ0v) is 11.5. The Labute approximate surface area is 106 Å². The Morgan fingerprint density at radius 2 is 2.12 bits per heavy atom. The molecule has 17 heavy (non-hydrogen) atoms. The molecule has 0 fully saturated rings. The number of benzene rings is 1. The molecule has 0 amide bonds. The average molecular weight is 251 g/mol. The van der Waals surface area contributed by atoms with Crippen molar-refractivity contribution in [2.24, 2.45) is 0 Å². The summed E-state index contributed by atoms with van der Waals surface area (Å²) in [7, 11) is -0.701. The van der Waals surface area contributed by atoms with Crippen molar-refractivity contribution in [2.45, 2.75) is 32.2 Å².